The number of halogens is 4. The average molecular weight is 424 g/mol. The molecule has 1 saturated heterocycles. The van der Waals surface area contributed by atoms with Crippen molar-refractivity contribution in [3.8, 4) is 16.9 Å². The standard InChI is InChI=1S/C18H8F4N2O4S/c19-12-4-8(1-2-13(12)28-18(20,21)22)11-7-23-6-9-3-10(27-15(9)11)5-14-16(25)24-17(26)29-14/h1-7H,(H,24,25,26)/b14-5+. The summed E-state index contributed by atoms with van der Waals surface area (Å²) >= 11 is 0.718. The maximum Gasteiger partial charge on any atom is 0.573 e. The van der Waals surface area contributed by atoms with E-state index in [1.54, 1.807) is 6.07 Å². The van der Waals surface area contributed by atoms with Gasteiger partial charge in [-0.05, 0) is 35.5 Å². The molecule has 3 aromatic rings. The Morgan fingerprint density at radius 1 is 1.17 bits per heavy atom. The molecule has 1 fully saturated rings. The molecule has 2 aromatic heterocycles. The minimum absolute atomic E-state index is 0.142. The van der Waals surface area contributed by atoms with E-state index in [4.69, 9.17) is 4.42 Å². The number of hydrogen-bond acceptors (Lipinski definition) is 6. The molecule has 11 heteroatoms. The Morgan fingerprint density at radius 3 is 2.62 bits per heavy atom. The second-order valence-electron chi connectivity index (χ2n) is 5.80. The normalized spacial score (nSPS) is 15.9. The Morgan fingerprint density at radius 2 is 1.97 bits per heavy atom. The highest BCUT2D eigenvalue weighted by atomic mass is 32.2. The van der Waals surface area contributed by atoms with Crippen LogP contribution in [0.1, 0.15) is 5.76 Å². The van der Waals surface area contributed by atoms with Crippen LogP contribution in [-0.4, -0.2) is 22.5 Å². The summed E-state index contributed by atoms with van der Waals surface area (Å²) < 4.78 is 60.3. The molecule has 6 nitrogen and oxygen atoms in total. The van der Waals surface area contributed by atoms with Gasteiger partial charge in [0.25, 0.3) is 11.1 Å². The van der Waals surface area contributed by atoms with Crippen LogP contribution in [0.25, 0.3) is 28.2 Å². The third-order valence-corrected chi connectivity index (χ3v) is 4.64. The number of aromatic nitrogens is 1. The zero-order valence-electron chi connectivity index (χ0n) is 14.0. The van der Waals surface area contributed by atoms with Crippen LogP contribution < -0.4 is 10.1 Å². The van der Waals surface area contributed by atoms with Crippen LogP contribution in [0.2, 0.25) is 0 Å². The van der Waals surface area contributed by atoms with Gasteiger partial charge in [-0.15, -0.1) is 13.2 Å². The lowest BCUT2D eigenvalue weighted by Crippen LogP contribution is -2.17. The topological polar surface area (TPSA) is 81.4 Å². The van der Waals surface area contributed by atoms with Crippen LogP contribution >= 0.6 is 11.8 Å². The number of nitrogens with one attached hydrogen (secondary N) is 1. The number of thioether (sulfide) groups is 1. The summed E-state index contributed by atoms with van der Waals surface area (Å²) in [5.74, 6) is -2.47. The van der Waals surface area contributed by atoms with Crippen LogP contribution in [0.5, 0.6) is 5.75 Å². The number of amides is 2. The second kappa shape index (κ2) is 6.92. The number of imide groups is 1. The molecule has 0 aliphatic carbocycles. The number of fused-ring (bicyclic) bond motifs is 1. The predicted molar refractivity (Wildman–Crippen MR) is 95.2 cm³/mol. The molecule has 148 valence electrons. The van der Waals surface area contributed by atoms with Crippen LogP contribution in [-0.2, 0) is 4.79 Å². The van der Waals surface area contributed by atoms with E-state index < -0.39 is 29.1 Å². The lowest BCUT2D eigenvalue weighted by Gasteiger charge is -2.10. The average Bonchev–Trinajstić information content (AvgIpc) is 3.17. The number of carbonyl (C=O) groups is 2. The molecule has 4 rings (SSSR count). The van der Waals surface area contributed by atoms with E-state index in [1.165, 1.54) is 24.5 Å². The van der Waals surface area contributed by atoms with E-state index in [9.17, 15) is 27.2 Å². The fraction of sp³-hybridized carbons (Fsp3) is 0.0556. The third-order valence-electron chi connectivity index (χ3n) is 3.83. The summed E-state index contributed by atoms with van der Waals surface area (Å²) in [5, 5.41) is 2.13. The number of pyridine rings is 1. The van der Waals surface area contributed by atoms with Gasteiger partial charge in [0.1, 0.15) is 11.3 Å². The first-order valence-electron chi connectivity index (χ1n) is 7.88. The molecule has 0 atom stereocenters. The molecule has 1 aliphatic heterocycles. The Bertz CT molecular complexity index is 1190. The molecular weight excluding hydrogens is 416 g/mol. The quantitative estimate of drug-likeness (QED) is 0.478. The van der Waals surface area contributed by atoms with E-state index in [-0.39, 0.29) is 21.8 Å². The largest absolute Gasteiger partial charge is 0.573 e. The smallest absolute Gasteiger partial charge is 0.456 e. The summed E-state index contributed by atoms with van der Waals surface area (Å²) in [4.78, 5) is 27.1. The highest BCUT2D eigenvalue weighted by molar-refractivity contribution is 8.18. The summed E-state index contributed by atoms with van der Waals surface area (Å²) in [6, 6.07) is 4.53. The van der Waals surface area contributed by atoms with Crippen molar-refractivity contribution < 1.29 is 36.3 Å². The Hall–Kier alpha value is -3.34. The first-order chi connectivity index (χ1) is 13.7. The third kappa shape index (κ3) is 3.94. The summed E-state index contributed by atoms with van der Waals surface area (Å²) in [5.41, 5.74) is 0.821. The van der Waals surface area contributed by atoms with Gasteiger partial charge in [-0.1, -0.05) is 6.07 Å². The Balaban J connectivity index is 1.73. The van der Waals surface area contributed by atoms with Crippen LogP contribution in [0.15, 0.2) is 46.0 Å². The van der Waals surface area contributed by atoms with Crippen molar-refractivity contribution in [2.45, 2.75) is 6.36 Å². The monoisotopic (exact) mass is 424 g/mol. The van der Waals surface area contributed by atoms with Crippen molar-refractivity contribution >= 4 is 40.0 Å². The number of benzene rings is 1. The van der Waals surface area contributed by atoms with Crippen molar-refractivity contribution in [3.63, 3.8) is 0 Å². The molecule has 1 aromatic carbocycles. The molecule has 1 aliphatic rings. The van der Waals surface area contributed by atoms with E-state index in [2.05, 4.69) is 15.0 Å². The maximum atomic E-state index is 14.1. The molecular formula is C18H8F4N2O4S. The minimum Gasteiger partial charge on any atom is -0.456 e. The van der Waals surface area contributed by atoms with Crippen LogP contribution in [0.4, 0.5) is 22.4 Å². The first kappa shape index (κ1) is 19.0. The van der Waals surface area contributed by atoms with Gasteiger partial charge in [-0.3, -0.25) is 19.9 Å². The van der Waals surface area contributed by atoms with Crippen molar-refractivity contribution in [1.29, 1.82) is 0 Å². The first-order valence-corrected chi connectivity index (χ1v) is 8.69. The van der Waals surface area contributed by atoms with Crippen molar-refractivity contribution in [2.75, 3.05) is 0 Å². The molecule has 0 bridgehead atoms. The lowest BCUT2D eigenvalue weighted by molar-refractivity contribution is -0.275. The molecule has 1 N–H and O–H groups in total. The van der Waals surface area contributed by atoms with Gasteiger partial charge in [0.2, 0.25) is 0 Å². The number of nitrogens with zero attached hydrogens (tertiary/aromatic N) is 1. The van der Waals surface area contributed by atoms with Crippen LogP contribution in [0, 0.1) is 5.82 Å². The predicted octanol–water partition coefficient (Wildman–Crippen LogP) is 4.86. The molecule has 0 radical (unpaired) electrons. The van der Waals surface area contributed by atoms with Crippen LogP contribution in [0.3, 0.4) is 0 Å². The fourth-order valence-electron chi connectivity index (χ4n) is 2.68. The summed E-state index contributed by atoms with van der Waals surface area (Å²) in [6.07, 6.45) is -0.813. The lowest BCUT2D eigenvalue weighted by atomic mass is 10.1. The van der Waals surface area contributed by atoms with E-state index in [0.29, 0.717) is 10.9 Å². The van der Waals surface area contributed by atoms with Crippen molar-refractivity contribution in [1.82, 2.24) is 10.3 Å². The fourth-order valence-corrected chi connectivity index (χ4v) is 3.35. The molecule has 0 unspecified atom stereocenters. The second-order valence-corrected chi connectivity index (χ2v) is 6.81. The number of furan rings is 1. The summed E-state index contributed by atoms with van der Waals surface area (Å²) in [6.45, 7) is 0. The van der Waals surface area contributed by atoms with E-state index in [0.717, 1.165) is 23.9 Å². The van der Waals surface area contributed by atoms with Gasteiger partial charge in [0.15, 0.2) is 11.6 Å². The van der Waals surface area contributed by atoms with Gasteiger partial charge in [-0.25, -0.2) is 4.39 Å². The minimum atomic E-state index is -5.01. The van der Waals surface area contributed by atoms with Gasteiger partial charge in [-0.2, -0.15) is 0 Å². The number of carbonyl (C=O) groups excluding carboxylic acids is 2. The number of ether oxygens (including phenoxy) is 1. The molecule has 2 amide bonds. The van der Waals surface area contributed by atoms with Gasteiger partial charge >= 0.3 is 6.36 Å². The van der Waals surface area contributed by atoms with Crippen molar-refractivity contribution in [3.05, 3.63) is 53.1 Å². The van der Waals surface area contributed by atoms with E-state index >= 15 is 0 Å². The van der Waals surface area contributed by atoms with Gasteiger partial charge in [0, 0.05) is 29.4 Å². The summed E-state index contributed by atoms with van der Waals surface area (Å²) in [7, 11) is 0. The molecule has 3 heterocycles. The number of rotatable bonds is 3. The number of hydrogen-bond donors (Lipinski definition) is 1. The van der Waals surface area contributed by atoms with Gasteiger partial charge < -0.3 is 9.15 Å². The number of alkyl halides is 3. The highest BCUT2D eigenvalue weighted by Crippen LogP contribution is 2.35. The molecule has 0 spiro atoms. The van der Waals surface area contributed by atoms with Crippen molar-refractivity contribution in [2.24, 2.45) is 0 Å². The zero-order chi connectivity index (χ0) is 20.8. The maximum absolute atomic E-state index is 14.1. The molecule has 0 saturated carbocycles. The molecule has 29 heavy (non-hydrogen) atoms. The Kier molecular flexibility index (Phi) is 4.53. The van der Waals surface area contributed by atoms with Gasteiger partial charge in [0.05, 0.1) is 4.91 Å². The SMILES string of the molecule is O=C1NC(=O)/C(=C\c2cc3cncc(-c4ccc(OC(F)(F)F)c(F)c4)c3o2)S1. The van der Waals surface area contributed by atoms with E-state index in [1.807, 2.05) is 0 Å². The zero-order valence-corrected chi connectivity index (χ0v) is 14.9. The highest BCUT2D eigenvalue weighted by Gasteiger charge is 2.32. The Labute approximate surface area is 163 Å².